The van der Waals surface area contributed by atoms with Crippen LogP contribution >= 0.6 is 0 Å². The maximum atomic E-state index is 13.6. The molecule has 0 bridgehead atoms. The van der Waals surface area contributed by atoms with Crippen LogP contribution in [0.3, 0.4) is 0 Å². The van der Waals surface area contributed by atoms with Crippen molar-refractivity contribution in [1.29, 1.82) is 0 Å². The van der Waals surface area contributed by atoms with Gasteiger partial charge >= 0.3 is 0 Å². The largest absolute Gasteiger partial charge is 0.366 e. The molecule has 0 aliphatic carbocycles. The van der Waals surface area contributed by atoms with Crippen LogP contribution in [0.4, 0.5) is 10.1 Å². The van der Waals surface area contributed by atoms with Gasteiger partial charge in [0.1, 0.15) is 5.82 Å². The van der Waals surface area contributed by atoms with Crippen LogP contribution in [0.2, 0.25) is 0 Å². The summed E-state index contributed by atoms with van der Waals surface area (Å²) in [5, 5.41) is 3.47. The van der Waals surface area contributed by atoms with Gasteiger partial charge in [-0.1, -0.05) is 26.0 Å². The molecule has 1 fully saturated rings. The van der Waals surface area contributed by atoms with E-state index < -0.39 is 0 Å². The Morgan fingerprint density at radius 2 is 2.12 bits per heavy atom. The molecule has 1 unspecified atom stereocenters. The molecule has 3 heteroatoms. The maximum Gasteiger partial charge on any atom is 0.146 e. The van der Waals surface area contributed by atoms with E-state index in [1.54, 1.807) is 6.07 Å². The number of anilines is 1. The minimum absolute atomic E-state index is 0.119. The molecule has 0 aromatic heterocycles. The van der Waals surface area contributed by atoms with Gasteiger partial charge in [0, 0.05) is 25.7 Å². The molecule has 88 valence electrons. The van der Waals surface area contributed by atoms with E-state index in [0.717, 1.165) is 25.3 Å². The monoisotopic (exact) mass is 222 g/mol. The lowest BCUT2D eigenvalue weighted by Gasteiger charge is -2.37. The smallest absolute Gasteiger partial charge is 0.146 e. The van der Waals surface area contributed by atoms with Crippen LogP contribution in [0.5, 0.6) is 0 Å². The van der Waals surface area contributed by atoms with Gasteiger partial charge in [-0.2, -0.15) is 0 Å². The zero-order chi connectivity index (χ0) is 11.5. The van der Waals surface area contributed by atoms with Crippen LogP contribution in [0, 0.1) is 11.7 Å². The number of benzene rings is 1. The lowest BCUT2D eigenvalue weighted by molar-refractivity contribution is 0.366. The zero-order valence-corrected chi connectivity index (χ0v) is 9.91. The molecule has 1 saturated heterocycles. The Morgan fingerprint density at radius 1 is 1.38 bits per heavy atom. The number of piperazine rings is 1. The summed E-state index contributed by atoms with van der Waals surface area (Å²) in [6.45, 7) is 7.09. The van der Waals surface area contributed by atoms with Gasteiger partial charge < -0.3 is 10.2 Å². The van der Waals surface area contributed by atoms with Crippen molar-refractivity contribution in [2.24, 2.45) is 5.92 Å². The second kappa shape index (κ2) is 4.83. The zero-order valence-electron chi connectivity index (χ0n) is 9.91. The summed E-state index contributed by atoms with van der Waals surface area (Å²) in [4.78, 5) is 2.14. The summed E-state index contributed by atoms with van der Waals surface area (Å²) in [5.41, 5.74) is 0.731. The fourth-order valence-corrected chi connectivity index (χ4v) is 2.15. The molecule has 1 N–H and O–H groups in total. The highest BCUT2D eigenvalue weighted by Crippen LogP contribution is 2.21. The molecule has 16 heavy (non-hydrogen) atoms. The SMILES string of the molecule is CC(C)C1CN(c2ccccc2F)CCN1. The third-order valence-corrected chi connectivity index (χ3v) is 3.20. The number of nitrogens with one attached hydrogen (secondary N) is 1. The van der Waals surface area contributed by atoms with E-state index in [1.807, 2.05) is 12.1 Å². The van der Waals surface area contributed by atoms with Crippen molar-refractivity contribution in [1.82, 2.24) is 5.32 Å². The number of nitrogens with zero attached hydrogens (tertiary/aromatic N) is 1. The third-order valence-electron chi connectivity index (χ3n) is 3.20. The molecule has 1 aromatic rings. The molecule has 2 rings (SSSR count). The van der Waals surface area contributed by atoms with Crippen molar-refractivity contribution >= 4 is 5.69 Å². The molecular weight excluding hydrogens is 203 g/mol. The molecule has 0 spiro atoms. The first-order valence-corrected chi connectivity index (χ1v) is 5.91. The van der Waals surface area contributed by atoms with E-state index in [2.05, 4.69) is 24.1 Å². The van der Waals surface area contributed by atoms with Crippen LogP contribution < -0.4 is 10.2 Å². The first-order valence-electron chi connectivity index (χ1n) is 5.91. The van der Waals surface area contributed by atoms with E-state index in [4.69, 9.17) is 0 Å². The Bertz CT molecular complexity index is 352. The molecule has 1 atom stereocenters. The second-order valence-corrected chi connectivity index (χ2v) is 4.70. The Labute approximate surface area is 96.5 Å². The molecule has 0 amide bonds. The topological polar surface area (TPSA) is 15.3 Å². The molecule has 1 aromatic carbocycles. The molecule has 0 radical (unpaired) electrons. The van der Waals surface area contributed by atoms with E-state index in [-0.39, 0.29) is 5.82 Å². The van der Waals surface area contributed by atoms with Crippen molar-refractivity contribution in [2.45, 2.75) is 19.9 Å². The maximum absolute atomic E-state index is 13.6. The van der Waals surface area contributed by atoms with Crippen LogP contribution in [-0.2, 0) is 0 Å². The predicted molar refractivity (Wildman–Crippen MR) is 65.2 cm³/mol. The Kier molecular flexibility index (Phi) is 3.44. The van der Waals surface area contributed by atoms with Gasteiger partial charge in [-0.15, -0.1) is 0 Å². The van der Waals surface area contributed by atoms with Crippen molar-refractivity contribution in [3.63, 3.8) is 0 Å². The van der Waals surface area contributed by atoms with Gasteiger partial charge in [-0.25, -0.2) is 4.39 Å². The van der Waals surface area contributed by atoms with Crippen molar-refractivity contribution in [3.05, 3.63) is 30.1 Å². The summed E-state index contributed by atoms with van der Waals surface area (Å²) in [6.07, 6.45) is 0. The molecular formula is C13H19FN2. The summed E-state index contributed by atoms with van der Waals surface area (Å²) in [6, 6.07) is 7.47. The van der Waals surface area contributed by atoms with Gasteiger partial charge in [-0.05, 0) is 18.1 Å². The van der Waals surface area contributed by atoms with Crippen molar-refractivity contribution in [3.8, 4) is 0 Å². The third kappa shape index (κ3) is 2.35. The highest BCUT2D eigenvalue weighted by atomic mass is 19.1. The molecule has 0 saturated carbocycles. The Hall–Kier alpha value is -1.09. The van der Waals surface area contributed by atoms with Gasteiger partial charge in [0.05, 0.1) is 5.69 Å². The summed E-state index contributed by atoms with van der Waals surface area (Å²) in [7, 11) is 0. The Morgan fingerprint density at radius 3 is 2.81 bits per heavy atom. The second-order valence-electron chi connectivity index (χ2n) is 4.70. The summed E-state index contributed by atoms with van der Waals surface area (Å²) in [5.74, 6) is 0.460. The van der Waals surface area contributed by atoms with E-state index >= 15 is 0 Å². The number of rotatable bonds is 2. The van der Waals surface area contributed by atoms with Gasteiger partial charge in [-0.3, -0.25) is 0 Å². The molecule has 1 aliphatic rings. The number of halogens is 1. The van der Waals surface area contributed by atoms with Crippen LogP contribution in [0.15, 0.2) is 24.3 Å². The van der Waals surface area contributed by atoms with E-state index in [1.165, 1.54) is 6.07 Å². The van der Waals surface area contributed by atoms with Crippen molar-refractivity contribution < 1.29 is 4.39 Å². The fraction of sp³-hybridized carbons (Fsp3) is 0.538. The fourth-order valence-electron chi connectivity index (χ4n) is 2.15. The highest BCUT2D eigenvalue weighted by molar-refractivity contribution is 5.48. The summed E-state index contributed by atoms with van der Waals surface area (Å²) < 4.78 is 13.6. The first-order chi connectivity index (χ1) is 7.68. The standard InChI is InChI=1S/C13H19FN2/c1-10(2)12-9-16(8-7-15-12)13-6-4-3-5-11(13)14/h3-6,10,12,15H,7-9H2,1-2H3. The number of hydrogen-bond donors (Lipinski definition) is 1. The van der Waals surface area contributed by atoms with E-state index in [0.29, 0.717) is 12.0 Å². The first kappa shape index (κ1) is 11.4. The van der Waals surface area contributed by atoms with Crippen molar-refractivity contribution in [2.75, 3.05) is 24.5 Å². The quantitative estimate of drug-likeness (QED) is 0.825. The Balaban J connectivity index is 2.13. The number of para-hydroxylation sites is 1. The van der Waals surface area contributed by atoms with E-state index in [9.17, 15) is 4.39 Å². The average Bonchev–Trinajstić information content (AvgIpc) is 2.30. The predicted octanol–water partition coefficient (Wildman–Crippen LogP) is 2.26. The molecule has 2 nitrogen and oxygen atoms in total. The average molecular weight is 222 g/mol. The molecule has 1 heterocycles. The van der Waals surface area contributed by atoms with Crippen LogP contribution in [0.1, 0.15) is 13.8 Å². The van der Waals surface area contributed by atoms with Gasteiger partial charge in [0.2, 0.25) is 0 Å². The minimum Gasteiger partial charge on any atom is -0.366 e. The normalized spacial score (nSPS) is 21.5. The minimum atomic E-state index is -0.119. The van der Waals surface area contributed by atoms with Crippen LogP contribution in [0.25, 0.3) is 0 Å². The highest BCUT2D eigenvalue weighted by Gasteiger charge is 2.23. The molecule has 1 aliphatic heterocycles. The van der Waals surface area contributed by atoms with Gasteiger partial charge in [0.15, 0.2) is 0 Å². The summed E-state index contributed by atoms with van der Waals surface area (Å²) >= 11 is 0. The van der Waals surface area contributed by atoms with Gasteiger partial charge in [0.25, 0.3) is 0 Å². The lowest BCUT2D eigenvalue weighted by atomic mass is 10.0. The number of hydrogen-bond acceptors (Lipinski definition) is 2. The lowest BCUT2D eigenvalue weighted by Crippen LogP contribution is -2.53. The van der Waals surface area contributed by atoms with Crippen LogP contribution in [-0.4, -0.2) is 25.7 Å².